The lowest BCUT2D eigenvalue weighted by atomic mass is 10.2. The van der Waals surface area contributed by atoms with Crippen LogP contribution < -0.4 is 5.32 Å². The number of hydrogen-bond acceptors (Lipinski definition) is 3. The molecule has 2 atom stereocenters. The van der Waals surface area contributed by atoms with Crippen molar-refractivity contribution in [2.24, 2.45) is 0 Å². The number of nitrogens with one attached hydrogen (secondary N) is 1. The molecule has 0 aliphatic heterocycles. The summed E-state index contributed by atoms with van der Waals surface area (Å²) in [5.41, 5.74) is 0. The fourth-order valence-electron chi connectivity index (χ4n) is 1.63. The largest absolute Gasteiger partial charge is 0.308 e. The average Bonchev–Trinajstić information content (AvgIpc) is 2.81. The van der Waals surface area contributed by atoms with Crippen molar-refractivity contribution in [1.82, 2.24) is 10.2 Å². The first-order chi connectivity index (χ1) is 7.65. The zero-order chi connectivity index (χ0) is 12.0. The number of likely N-dealkylation sites (N-methyl/N-ethyl adjacent to an activating group) is 1. The van der Waals surface area contributed by atoms with Gasteiger partial charge in [-0.25, -0.2) is 0 Å². The van der Waals surface area contributed by atoms with Crippen molar-refractivity contribution in [1.29, 1.82) is 0 Å². The summed E-state index contributed by atoms with van der Waals surface area (Å²) in [6.07, 6.45) is 1.22. The molecule has 16 heavy (non-hydrogen) atoms. The van der Waals surface area contributed by atoms with Crippen molar-refractivity contribution in [3.63, 3.8) is 0 Å². The monoisotopic (exact) mass is 240 g/mol. The lowest BCUT2D eigenvalue weighted by molar-refractivity contribution is 0.249. The zero-order valence-corrected chi connectivity index (χ0v) is 11.7. The highest BCUT2D eigenvalue weighted by molar-refractivity contribution is 7.10. The second kappa shape index (κ2) is 7.05. The first kappa shape index (κ1) is 13.7. The molecule has 1 heterocycles. The molecule has 1 aromatic heterocycles. The summed E-state index contributed by atoms with van der Waals surface area (Å²) in [4.78, 5) is 3.83. The van der Waals surface area contributed by atoms with Crippen LogP contribution in [0.2, 0.25) is 0 Å². The Balaban J connectivity index is 2.20. The lowest BCUT2D eigenvalue weighted by Crippen LogP contribution is -2.35. The molecule has 0 saturated carbocycles. The molecule has 0 radical (unpaired) electrons. The molecule has 92 valence electrons. The standard InChI is InChI=1S/C13H24N2S/c1-5-11(2)15(4)9-8-14-12(3)13-7-6-10-16-13/h6-7,10-12,14H,5,8-9H2,1-4H3. The summed E-state index contributed by atoms with van der Waals surface area (Å²) in [6.45, 7) is 8.92. The minimum absolute atomic E-state index is 0.477. The SMILES string of the molecule is CCC(C)N(C)CCNC(C)c1cccs1. The van der Waals surface area contributed by atoms with Gasteiger partial charge in [0.2, 0.25) is 0 Å². The van der Waals surface area contributed by atoms with E-state index in [-0.39, 0.29) is 0 Å². The number of hydrogen-bond donors (Lipinski definition) is 1. The molecule has 1 N–H and O–H groups in total. The number of nitrogens with zero attached hydrogens (tertiary/aromatic N) is 1. The van der Waals surface area contributed by atoms with Crippen LogP contribution >= 0.6 is 11.3 Å². The van der Waals surface area contributed by atoms with Crippen LogP contribution in [0.1, 0.15) is 38.1 Å². The van der Waals surface area contributed by atoms with Crippen molar-refractivity contribution in [3.8, 4) is 0 Å². The Kier molecular flexibility index (Phi) is 6.03. The van der Waals surface area contributed by atoms with E-state index >= 15 is 0 Å². The minimum Gasteiger partial charge on any atom is -0.308 e. The third kappa shape index (κ3) is 4.24. The molecule has 3 heteroatoms. The summed E-state index contributed by atoms with van der Waals surface area (Å²) < 4.78 is 0. The number of thiophene rings is 1. The molecule has 1 aromatic rings. The van der Waals surface area contributed by atoms with Gasteiger partial charge >= 0.3 is 0 Å². The smallest absolute Gasteiger partial charge is 0.0386 e. The number of rotatable bonds is 7. The van der Waals surface area contributed by atoms with Gasteiger partial charge in [0, 0.05) is 30.1 Å². The maximum absolute atomic E-state index is 3.56. The fourth-order valence-corrected chi connectivity index (χ4v) is 2.39. The second-order valence-electron chi connectivity index (χ2n) is 4.43. The van der Waals surface area contributed by atoms with Gasteiger partial charge in [0.15, 0.2) is 0 Å². The van der Waals surface area contributed by atoms with Crippen molar-refractivity contribution < 1.29 is 0 Å². The maximum atomic E-state index is 3.56. The molecular weight excluding hydrogens is 216 g/mol. The molecule has 0 fully saturated rings. The van der Waals surface area contributed by atoms with E-state index in [1.165, 1.54) is 11.3 Å². The van der Waals surface area contributed by atoms with Gasteiger partial charge < -0.3 is 10.2 Å². The van der Waals surface area contributed by atoms with Crippen LogP contribution in [0.5, 0.6) is 0 Å². The van der Waals surface area contributed by atoms with Gasteiger partial charge in [0.05, 0.1) is 0 Å². The van der Waals surface area contributed by atoms with Gasteiger partial charge in [-0.15, -0.1) is 11.3 Å². The van der Waals surface area contributed by atoms with Crippen LogP contribution in [0.3, 0.4) is 0 Å². The molecule has 0 aliphatic carbocycles. The van der Waals surface area contributed by atoms with Crippen LogP contribution in [0.15, 0.2) is 17.5 Å². The van der Waals surface area contributed by atoms with Gasteiger partial charge in [-0.3, -0.25) is 0 Å². The van der Waals surface area contributed by atoms with Crippen LogP contribution in [0.25, 0.3) is 0 Å². The van der Waals surface area contributed by atoms with Crippen molar-refractivity contribution in [2.75, 3.05) is 20.1 Å². The lowest BCUT2D eigenvalue weighted by Gasteiger charge is -2.24. The van der Waals surface area contributed by atoms with Crippen molar-refractivity contribution in [3.05, 3.63) is 22.4 Å². The summed E-state index contributed by atoms with van der Waals surface area (Å²) >= 11 is 1.82. The zero-order valence-electron chi connectivity index (χ0n) is 10.9. The van der Waals surface area contributed by atoms with Crippen LogP contribution in [0, 0.1) is 0 Å². The fraction of sp³-hybridized carbons (Fsp3) is 0.692. The van der Waals surface area contributed by atoms with Gasteiger partial charge in [-0.2, -0.15) is 0 Å². The topological polar surface area (TPSA) is 15.3 Å². The Bertz CT molecular complexity index is 271. The molecule has 0 bridgehead atoms. The van der Waals surface area contributed by atoms with E-state index in [1.54, 1.807) is 0 Å². The molecular formula is C13H24N2S. The predicted octanol–water partition coefficient (Wildman–Crippen LogP) is 3.13. The van der Waals surface area contributed by atoms with Crippen LogP contribution in [-0.2, 0) is 0 Å². The first-order valence-corrected chi connectivity index (χ1v) is 7.00. The normalized spacial score (nSPS) is 15.3. The van der Waals surface area contributed by atoms with Crippen LogP contribution in [-0.4, -0.2) is 31.1 Å². The van der Waals surface area contributed by atoms with E-state index in [1.807, 2.05) is 11.3 Å². The Morgan fingerprint density at radius 3 is 2.75 bits per heavy atom. The second-order valence-corrected chi connectivity index (χ2v) is 5.41. The molecule has 2 nitrogen and oxygen atoms in total. The Morgan fingerprint density at radius 2 is 2.19 bits per heavy atom. The Morgan fingerprint density at radius 1 is 1.44 bits per heavy atom. The van der Waals surface area contributed by atoms with E-state index in [9.17, 15) is 0 Å². The van der Waals surface area contributed by atoms with Gasteiger partial charge in [0.1, 0.15) is 0 Å². The van der Waals surface area contributed by atoms with Crippen molar-refractivity contribution >= 4 is 11.3 Å². The van der Waals surface area contributed by atoms with Gasteiger partial charge in [-0.05, 0) is 38.8 Å². The quantitative estimate of drug-likeness (QED) is 0.788. The highest BCUT2D eigenvalue weighted by Gasteiger charge is 2.08. The molecule has 0 spiro atoms. The van der Waals surface area contributed by atoms with E-state index in [2.05, 4.69) is 55.5 Å². The summed E-state index contributed by atoms with van der Waals surface area (Å²) in [7, 11) is 2.20. The van der Waals surface area contributed by atoms with E-state index in [0.717, 1.165) is 13.1 Å². The maximum Gasteiger partial charge on any atom is 0.0386 e. The highest BCUT2D eigenvalue weighted by atomic mass is 32.1. The van der Waals surface area contributed by atoms with Crippen molar-refractivity contribution in [2.45, 2.75) is 39.3 Å². The summed E-state index contributed by atoms with van der Waals surface area (Å²) in [5, 5.41) is 5.70. The molecule has 0 saturated heterocycles. The Hall–Kier alpha value is -0.380. The third-order valence-electron chi connectivity index (χ3n) is 3.23. The molecule has 2 unspecified atom stereocenters. The van der Waals surface area contributed by atoms with E-state index < -0.39 is 0 Å². The van der Waals surface area contributed by atoms with Gasteiger partial charge in [-0.1, -0.05) is 13.0 Å². The molecule has 0 amide bonds. The summed E-state index contributed by atoms with van der Waals surface area (Å²) in [5.74, 6) is 0. The highest BCUT2D eigenvalue weighted by Crippen LogP contribution is 2.17. The van der Waals surface area contributed by atoms with Crippen LogP contribution in [0.4, 0.5) is 0 Å². The third-order valence-corrected chi connectivity index (χ3v) is 4.28. The van der Waals surface area contributed by atoms with E-state index in [4.69, 9.17) is 0 Å². The average molecular weight is 240 g/mol. The minimum atomic E-state index is 0.477. The van der Waals surface area contributed by atoms with Gasteiger partial charge in [0.25, 0.3) is 0 Å². The first-order valence-electron chi connectivity index (χ1n) is 6.12. The molecule has 0 aromatic carbocycles. The van der Waals surface area contributed by atoms with E-state index in [0.29, 0.717) is 12.1 Å². The molecule has 1 rings (SSSR count). The molecule has 0 aliphatic rings. The predicted molar refractivity (Wildman–Crippen MR) is 73.1 cm³/mol. The Labute approximate surface area is 104 Å². The summed E-state index contributed by atoms with van der Waals surface area (Å²) in [6, 6.07) is 5.47.